The summed E-state index contributed by atoms with van der Waals surface area (Å²) < 4.78 is 0. The summed E-state index contributed by atoms with van der Waals surface area (Å²) in [5.74, 6) is 0.523. The Bertz CT molecular complexity index is 715. The van der Waals surface area contributed by atoms with Gasteiger partial charge in [0, 0.05) is 0 Å². The summed E-state index contributed by atoms with van der Waals surface area (Å²) in [6.07, 6.45) is 7.40. The van der Waals surface area contributed by atoms with Gasteiger partial charge in [0.2, 0.25) is 5.91 Å². The van der Waals surface area contributed by atoms with E-state index in [4.69, 9.17) is 15.7 Å². The monoisotopic (exact) mass is 358 g/mol. The standard InChI is InChI=1S/C19H26N4OS/c1-13-8-7-9-14(2)16(13)21-17-19(10-5-4-6-11-19)23(12-15(20)24)18(22-17)25-3/h7-9H,4-6,10-12H2,1-3H3,(H2,20,24). The maximum absolute atomic E-state index is 11.7. The molecule has 0 bridgehead atoms. The molecule has 0 saturated heterocycles. The zero-order valence-electron chi connectivity index (χ0n) is 15.2. The number of rotatable bonds is 3. The molecule has 1 aliphatic heterocycles. The quantitative estimate of drug-likeness (QED) is 0.898. The second-order valence-corrected chi connectivity index (χ2v) is 7.69. The van der Waals surface area contributed by atoms with Crippen LogP contribution in [0.25, 0.3) is 0 Å². The van der Waals surface area contributed by atoms with Gasteiger partial charge in [-0.05, 0) is 44.1 Å². The van der Waals surface area contributed by atoms with Gasteiger partial charge in [-0.1, -0.05) is 49.2 Å². The molecule has 2 N–H and O–H groups in total. The number of thioether (sulfide) groups is 1. The Labute approximate surface area is 153 Å². The second-order valence-electron chi connectivity index (χ2n) is 6.92. The molecule has 0 unspecified atom stereocenters. The van der Waals surface area contributed by atoms with E-state index in [0.717, 1.165) is 53.5 Å². The summed E-state index contributed by atoms with van der Waals surface area (Å²) in [4.78, 5) is 23.7. The third-order valence-electron chi connectivity index (χ3n) is 5.20. The molecule has 1 fully saturated rings. The molecule has 134 valence electrons. The normalized spacial score (nSPS) is 21.0. The molecule has 1 saturated carbocycles. The third kappa shape index (κ3) is 3.32. The van der Waals surface area contributed by atoms with Crippen LogP contribution in [0.3, 0.4) is 0 Å². The Morgan fingerprint density at radius 2 is 1.92 bits per heavy atom. The molecule has 1 aromatic rings. The summed E-state index contributed by atoms with van der Waals surface area (Å²) >= 11 is 1.56. The number of hydrogen-bond donors (Lipinski definition) is 1. The fraction of sp³-hybridized carbons (Fsp3) is 0.526. The number of benzene rings is 1. The Hall–Kier alpha value is -1.82. The van der Waals surface area contributed by atoms with E-state index < -0.39 is 0 Å². The van der Waals surface area contributed by atoms with Crippen molar-refractivity contribution in [2.24, 2.45) is 15.7 Å². The summed E-state index contributed by atoms with van der Waals surface area (Å²) in [6, 6.07) is 6.21. The first-order valence-electron chi connectivity index (χ1n) is 8.82. The Morgan fingerprint density at radius 1 is 1.28 bits per heavy atom. The summed E-state index contributed by atoms with van der Waals surface area (Å²) in [7, 11) is 0. The first-order valence-corrected chi connectivity index (χ1v) is 10.0. The lowest BCUT2D eigenvalue weighted by Gasteiger charge is -2.41. The van der Waals surface area contributed by atoms with Gasteiger partial charge in [-0.3, -0.25) is 4.79 Å². The molecule has 1 spiro atoms. The Balaban J connectivity index is 2.11. The van der Waals surface area contributed by atoms with Crippen molar-refractivity contribution in [2.45, 2.75) is 51.5 Å². The van der Waals surface area contributed by atoms with Gasteiger partial charge in [0.1, 0.15) is 5.54 Å². The molecule has 1 amide bonds. The number of carbonyl (C=O) groups excluding carboxylic acids is 1. The van der Waals surface area contributed by atoms with Crippen molar-refractivity contribution >= 4 is 34.4 Å². The lowest BCUT2D eigenvalue weighted by molar-refractivity contribution is -0.119. The number of amidine groups is 2. The molecular weight excluding hydrogens is 332 g/mol. The second kappa shape index (κ2) is 7.20. The van der Waals surface area contributed by atoms with E-state index in [1.54, 1.807) is 11.8 Å². The Morgan fingerprint density at radius 3 is 2.48 bits per heavy atom. The largest absolute Gasteiger partial charge is 0.368 e. The summed E-state index contributed by atoms with van der Waals surface area (Å²) in [6.45, 7) is 4.36. The molecule has 2 aliphatic rings. The maximum Gasteiger partial charge on any atom is 0.237 e. The van der Waals surface area contributed by atoms with Crippen LogP contribution in [0.15, 0.2) is 28.2 Å². The predicted molar refractivity (Wildman–Crippen MR) is 106 cm³/mol. The van der Waals surface area contributed by atoms with Gasteiger partial charge >= 0.3 is 0 Å². The molecule has 3 rings (SSSR count). The van der Waals surface area contributed by atoms with Crippen LogP contribution >= 0.6 is 11.8 Å². The molecular formula is C19H26N4OS. The summed E-state index contributed by atoms with van der Waals surface area (Å²) in [5.41, 5.74) is 8.53. The lowest BCUT2D eigenvalue weighted by Crippen LogP contribution is -2.54. The topological polar surface area (TPSA) is 71.1 Å². The van der Waals surface area contributed by atoms with Crippen LogP contribution < -0.4 is 5.73 Å². The smallest absolute Gasteiger partial charge is 0.237 e. The number of para-hydroxylation sites is 1. The first-order chi connectivity index (χ1) is 12.0. The molecule has 0 aromatic heterocycles. The minimum absolute atomic E-state index is 0.200. The van der Waals surface area contributed by atoms with E-state index >= 15 is 0 Å². The number of nitrogens with zero attached hydrogens (tertiary/aromatic N) is 3. The SMILES string of the molecule is CSC1=NC(=Nc2c(C)cccc2C)C2(CCCCC2)N1CC(N)=O. The highest BCUT2D eigenvalue weighted by molar-refractivity contribution is 8.13. The van der Waals surface area contributed by atoms with Gasteiger partial charge in [0.25, 0.3) is 0 Å². The van der Waals surface area contributed by atoms with Gasteiger partial charge < -0.3 is 10.6 Å². The van der Waals surface area contributed by atoms with Crippen molar-refractivity contribution in [3.05, 3.63) is 29.3 Å². The van der Waals surface area contributed by atoms with Crippen LogP contribution in [-0.4, -0.2) is 40.1 Å². The van der Waals surface area contributed by atoms with Gasteiger partial charge in [0.15, 0.2) is 11.0 Å². The molecule has 1 heterocycles. The number of hydrogen-bond acceptors (Lipinski definition) is 4. The summed E-state index contributed by atoms with van der Waals surface area (Å²) in [5, 5.41) is 0.852. The highest BCUT2D eigenvalue weighted by Gasteiger charge is 2.49. The number of nitrogens with two attached hydrogens (primary N) is 1. The van der Waals surface area contributed by atoms with Gasteiger partial charge in [-0.15, -0.1) is 0 Å². The van der Waals surface area contributed by atoms with Crippen molar-refractivity contribution in [1.29, 1.82) is 0 Å². The zero-order valence-corrected chi connectivity index (χ0v) is 16.0. The van der Waals surface area contributed by atoms with E-state index in [2.05, 4.69) is 36.9 Å². The minimum Gasteiger partial charge on any atom is -0.368 e. The average Bonchev–Trinajstić information content (AvgIpc) is 2.84. The van der Waals surface area contributed by atoms with Gasteiger partial charge in [0.05, 0.1) is 12.2 Å². The number of aliphatic imine (C=N–C) groups is 2. The fourth-order valence-corrected chi connectivity index (χ4v) is 4.57. The van der Waals surface area contributed by atoms with Crippen molar-refractivity contribution in [1.82, 2.24) is 4.90 Å². The molecule has 1 aliphatic carbocycles. The van der Waals surface area contributed by atoms with Crippen molar-refractivity contribution in [3.63, 3.8) is 0 Å². The highest BCUT2D eigenvalue weighted by Crippen LogP contribution is 2.42. The van der Waals surface area contributed by atoms with Crippen LogP contribution in [0.1, 0.15) is 43.2 Å². The number of aryl methyl sites for hydroxylation is 2. The van der Waals surface area contributed by atoms with Crippen LogP contribution in [0.5, 0.6) is 0 Å². The van der Waals surface area contributed by atoms with E-state index in [0.29, 0.717) is 0 Å². The van der Waals surface area contributed by atoms with E-state index in [1.807, 2.05) is 6.26 Å². The lowest BCUT2D eigenvalue weighted by atomic mass is 9.80. The average molecular weight is 359 g/mol. The van der Waals surface area contributed by atoms with Crippen LogP contribution in [0.2, 0.25) is 0 Å². The molecule has 6 heteroatoms. The number of carbonyl (C=O) groups is 1. The molecule has 5 nitrogen and oxygen atoms in total. The third-order valence-corrected chi connectivity index (χ3v) is 5.88. The fourth-order valence-electron chi connectivity index (χ4n) is 3.94. The highest BCUT2D eigenvalue weighted by atomic mass is 32.2. The van der Waals surface area contributed by atoms with E-state index in [9.17, 15) is 4.79 Å². The van der Waals surface area contributed by atoms with Crippen molar-refractivity contribution < 1.29 is 4.79 Å². The first kappa shape index (κ1) is 18.0. The number of amides is 1. The maximum atomic E-state index is 11.7. The molecule has 1 aromatic carbocycles. The Kier molecular flexibility index (Phi) is 5.18. The van der Waals surface area contributed by atoms with Gasteiger partial charge in [-0.25, -0.2) is 9.98 Å². The number of primary amides is 1. The van der Waals surface area contributed by atoms with Crippen LogP contribution in [0.4, 0.5) is 5.69 Å². The van der Waals surface area contributed by atoms with Gasteiger partial charge in [-0.2, -0.15) is 0 Å². The van der Waals surface area contributed by atoms with Crippen molar-refractivity contribution in [2.75, 3.05) is 12.8 Å². The molecule has 0 radical (unpaired) electrons. The van der Waals surface area contributed by atoms with E-state index in [-0.39, 0.29) is 18.0 Å². The van der Waals surface area contributed by atoms with Crippen LogP contribution in [0, 0.1) is 13.8 Å². The van der Waals surface area contributed by atoms with Crippen LogP contribution in [-0.2, 0) is 4.79 Å². The predicted octanol–water partition coefficient (Wildman–Crippen LogP) is 3.56. The minimum atomic E-state index is -0.319. The van der Waals surface area contributed by atoms with Crippen molar-refractivity contribution in [3.8, 4) is 0 Å². The molecule has 0 atom stereocenters. The van der Waals surface area contributed by atoms with E-state index in [1.165, 1.54) is 6.42 Å². The zero-order chi connectivity index (χ0) is 18.0. The molecule has 25 heavy (non-hydrogen) atoms.